The van der Waals surface area contributed by atoms with Crippen molar-refractivity contribution in [3.63, 3.8) is 0 Å². The molecule has 10 nitrogen and oxygen atoms in total. The van der Waals surface area contributed by atoms with E-state index in [4.69, 9.17) is 10.5 Å². The van der Waals surface area contributed by atoms with Crippen LogP contribution in [0.1, 0.15) is 27.5 Å². The summed E-state index contributed by atoms with van der Waals surface area (Å²) in [4.78, 5) is 19.7. The highest BCUT2D eigenvalue weighted by Crippen LogP contribution is 2.42. The fourth-order valence-corrected chi connectivity index (χ4v) is 4.40. The quantitative estimate of drug-likeness (QED) is 0.409. The summed E-state index contributed by atoms with van der Waals surface area (Å²) in [6.07, 6.45) is 0.135. The van der Waals surface area contributed by atoms with E-state index in [9.17, 15) is 18.0 Å². The highest BCUT2D eigenvalue weighted by molar-refractivity contribution is 6.08. The molecule has 0 saturated heterocycles. The van der Waals surface area contributed by atoms with Gasteiger partial charge >= 0.3 is 6.18 Å². The lowest BCUT2D eigenvalue weighted by molar-refractivity contribution is -0.137. The van der Waals surface area contributed by atoms with Gasteiger partial charge < -0.3 is 10.5 Å². The molecule has 0 aliphatic carbocycles. The molecule has 2 aromatic carbocycles. The molecule has 3 aromatic heterocycles. The molecule has 0 radical (unpaired) electrons. The lowest BCUT2D eigenvalue weighted by atomic mass is 10.0. The van der Waals surface area contributed by atoms with Gasteiger partial charge in [-0.25, -0.2) is 4.98 Å². The van der Waals surface area contributed by atoms with Gasteiger partial charge in [-0.15, -0.1) is 10.2 Å². The summed E-state index contributed by atoms with van der Waals surface area (Å²) < 4.78 is 48.4. The second-order valence-electron chi connectivity index (χ2n) is 8.35. The average Bonchev–Trinajstić information content (AvgIpc) is 3.59. The maximum absolute atomic E-state index is 13.9. The summed E-state index contributed by atoms with van der Waals surface area (Å²) in [5.41, 5.74) is 7.85. The maximum atomic E-state index is 13.9. The molecule has 13 heteroatoms. The van der Waals surface area contributed by atoms with Crippen LogP contribution >= 0.6 is 0 Å². The number of nitrogens with zero attached hydrogens (tertiary/aromatic N) is 7. The second kappa shape index (κ2) is 7.66. The first-order valence-corrected chi connectivity index (χ1v) is 10.8. The van der Waals surface area contributed by atoms with E-state index < -0.39 is 23.7 Å². The predicted octanol–water partition coefficient (Wildman–Crippen LogP) is 3.39. The SMILES string of the molecule is Cn1cc(N(C(=O)c2ccc3nc(N)c4nncn4c3c2)C2COc3cc(C(F)(F)F)ccc32)cn1. The number of nitrogen functional groups attached to an aromatic ring is 1. The number of hydrogen-bond donors (Lipinski definition) is 1. The number of ether oxygens (including phenoxy) is 1. The number of hydrogen-bond acceptors (Lipinski definition) is 7. The largest absolute Gasteiger partial charge is 0.491 e. The Balaban J connectivity index is 1.46. The molecule has 1 aliphatic rings. The molecule has 5 aromatic rings. The number of rotatable bonds is 3. The van der Waals surface area contributed by atoms with Crippen molar-refractivity contribution in [3.8, 4) is 5.75 Å². The number of aryl methyl sites for hydroxylation is 1. The third-order valence-electron chi connectivity index (χ3n) is 6.10. The number of benzene rings is 2. The Morgan fingerprint density at radius 3 is 2.81 bits per heavy atom. The summed E-state index contributed by atoms with van der Waals surface area (Å²) >= 11 is 0. The Kier molecular flexibility index (Phi) is 4.65. The monoisotopic (exact) mass is 494 g/mol. The lowest BCUT2D eigenvalue weighted by Crippen LogP contribution is -2.35. The van der Waals surface area contributed by atoms with E-state index in [1.165, 1.54) is 28.2 Å². The minimum Gasteiger partial charge on any atom is -0.491 e. The van der Waals surface area contributed by atoms with Crippen molar-refractivity contribution in [2.75, 3.05) is 17.2 Å². The summed E-state index contributed by atoms with van der Waals surface area (Å²) in [6, 6.07) is 7.54. The van der Waals surface area contributed by atoms with Crippen molar-refractivity contribution in [3.05, 3.63) is 71.8 Å². The lowest BCUT2D eigenvalue weighted by Gasteiger charge is -2.27. The van der Waals surface area contributed by atoms with Gasteiger partial charge in [0.25, 0.3) is 5.91 Å². The van der Waals surface area contributed by atoms with Crippen LogP contribution in [0.25, 0.3) is 16.7 Å². The van der Waals surface area contributed by atoms with E-state index in [-0.39, 0.29) is 18.2 Å². The molecular formula is C23H17F3N8O2. The average molecular weight is 494 g/mol. The minimum atomic E-state index is -4.51. The standard InChI is InChI=1S/C23H17F3N8O2/c1-32-9-14(8-29-32)34(18-10-36-19-7-13(23(24,25)26)3-4-15(18)19)22(35)12-2-5-16-17(6-12)33-11-28-31-21(33)20(27)30-16/h2-9,11,18H,10H2,1H3,(H2,27,30). The molecule has 2 N–H and O–H groups in total. The second-order valence-corrected chi connectivity index (χ2v) is 8.35. The molecule has 0 fully saturated rings. The third kappa shape index (κ3) is 3.39. The van der Waals surface area contributed by atoms with Crippen LogP contribution in [0.5, 0.6) is 5.75 Å². The normalized spacial score (nSPS) is 15.3. The zero-order valence-electron chi connectivity index (χ0n) is 18.6. The van der Waals surface area contributed by atoms with Gasteiger partial charge in [0.1, 0.15) is 18.7 Å². The van der Waals surface area contributed by atoms with Crippen molar-refractivity contribution in [1.82, 2.24) is 29.4 Å². The Labute approximate surface area is 200 Å². The Morgan fingerprint density at radius 1 is 1.22 bits per heavy atom. The van der Waals surface area contributed by atoms with Gasteiger partial charge in [-0.05, 0) is 30.3 Å². The number of carbonyl (C=O) groups is 1. The highest BCUT2D eigenvalue weighted by atomic mass is 19.4. The first-order valence-electron chi connectivity index (χ1n) is 10.8. The third-order valence-corrected chi connectivity index (χ3v) is 6.10. The van der Waals surface area contributed by atoms with Gasteiger partial charge in [-0.1, -0.05) is 6.07 Å². The Hall–Kier alpha value is -4.68. The number of aromatic nitrogens is 6. The summed E-state index contributed by atoms with van der Waals surface area (Å²) in [7, 11) is 1.70. The molecule has 0 bridgehead atoms. The first kappa shape index (κ1) is 21.8. The fourth-order valence-electron chi connectivity index (χ4n) is 4.40. The molecule has 4 heterocycles. The van der Waals surface area contributed by atoms with Gasteiger partial charge in [0.15, 0.2) is 5.82 Å². The smallest absolute Gasteiger partial charge is 0.416 e. The van der Waals surface area contributed by atoms with Crippen molar-refractivity contribution in [1.29, 1.82) is 0 Å². The zero-order chi connectivity index (χ0) is 25.2. The van der Waals surface area contributed by atoms with Crippen molar-refractivity contribution >= 4 is 34.1 Å². The molecule has 0 spiro atoms. The van der Waals surface area contributed by atoms with Crippen molar-refractivity contribution in [2.24, 2.45) is 7.05 Å². The molecular weight excluding hydrogens is 477 g/mol. The molecule has 6 rings (SSSR count). The number of halogens is 3. The fraction of sp³-hybridized carbons (Fsp3) is 0.174. The molecule has 1 atom stereocenters. The summed E-state index contributed by atoms with van der Waals surface area (Å²) in [6.45, 7) is -0.0152. The number of anilines is 2. The Morgan fingerprint density at radius 2 is 2.06 bits per heavy atom. The molecule has 36 heavy (non-hydrogen) atoms. The van der Waals surface area contributed by atoms with E-state index in [0.717, 1.165) is 12.1 Å². The van der Waals surface area contributed by atoms with Gasteiger partial charge in [0.05, 0.1) is 34.5 Å². The Bertz CT molecular complexity index is 1660. The topological polar surface area (TPSA) is 116 Å². The molecule has 0 saturated carbocycles. The zero-order valence-corrected chi connectivity index (χ0v) is 18.6. The number of alkyl halides is 3. The van der Waals surface area contributed by atoms with Crippen LogP contribution < -0.4 is 15.4 Å². The van der Waals surface area contributed by atoms with Crippen molar-refractivity contribution in [2.45, 2.75) is 12.2 Å². The van der Waals surface area contributed by atoms with Crippen LogP contribution in [0.2, 0.25) is 0 Å². The molecule has 1 aliphatic heterocycles. The van der Waals surface area contributed by atoms with E-state index in [2.05, 4.69) is 20.3 Å². The van der Waals surface area contributed by atoms with Gasteiger partial charge in [-0.2, -0.15) is 18.3 Å². The molecule has 182 valence electrons. The van der Waals surface area contributed by atoms with Crippen LogP contribution in [0, 0.1) is 0 Å². The van der Waals surface area contributed by atoms with Gasteiger partial charge in [0, 0.05) is 24.4 Å². The molecule has 1 amide bonds. The maximum Gasteiger partial charge on any atom is 0.416 e. The van der Waals surface area contributed by atoms with Crippen LogP contribution in [0.15, 0.2) is 55.1 Å². The van der Waals surface area contributed by atoms with Gasteiger partial charge in [-0.3, -0.25) is 18.8 Å². The highest BCUT2D eigenvalue weighted by Gasteiger charge is 2.38. The van der Waals surface area contributed by atoms with Crippen LogP contribution in [0.4, 0.5) is 24.7 Å². The number of fused-ring (bicyclic) bond motifs is 4. The number of amides is 1. The van der Waals surface area contributed by atoms with Crippen LogP contribution in [-0.4, -0.2) is 41.9 Å². The van der Waals surface area contributed by atoms with Gasteiger partial charge in [0.2, 0.25) is 5.65 Å². The van der Waals surface area contributed by atoms with E-state index in [1.54, 1.807) is 35.8 Å². The van der Waals surface area contributed by atoms with E-state index in [0.29, 0.717) is 33.5 Å². The van der Waals surface area contributed by atoms with Crippen LogP contribution in [-0.2, 0) is 13.2 Å². The minimum absolute atomic E-state index is 0.0152. The summed E-state index contributed by atoms with van der Waals surface area (Å²) in [5.74, 6) is -0.112. The summed E-state index contributed by atoms with van der Waals surface area (Å²) in [5, 5.41) is 12.0. The predicted molar refractivity (Wildman–Crippen MR) is 122 cm³/mol. The first-order chi connectivity index (χ1) is 17.2. The number of carbonyl (C=O) groups excluding carboxylic acids is 1. The van der Waals surface area contributed by atoms with Crippen LogP contribution in [0.3, 0.4) is 0 Å². The molecule has 1 unspecified atom stereocenters. The van der Waals surface area contributed by atoms with E-state index >= 15 is 0 Å². The van der Waals surface area contributed by atoms with E-state index in [1.807, 2.05) is 0 Å². The van der Waals surface area contributed by atoms with Crippen molar-refractivity contribution < 1.29 is 22.7 Å². The number of nitrogens with two attached hydrogens (primary N) is 1.